The molecule has 0 unspecified atom stereocenters. The van der Waals surface area contributed by atoms with Crippen LogP contribution in [0.3, 0.4) is 0 Å². The summed E-state index contributed by atoms with van der Waals surface area (Å²) >= 11 is 0. The Bertz CT molecular complexity index is 598. The molecule has 0 saturated heterocycles. The van der Waals surface area contributed by atoms with E-state index in [0.29, 0.717) is 5.95 Å². The van der Waals surface area contributed by atoms with Crippen LogP contribution in [-0.4, -0.2) is 9.55 Å². The minimum atomic E-state index is 0.679. The topological polar surface area (TPSA) is 43.8 Å². The van der Waals surface area contributed by atoms with Crippen molar-refractivity contribution in [1.29, 1.82) is 0 Å². The summed E-state index contributed by atoms with van der Waals surface area (Å²) in [6, 6.07) is 4.61. The van der Waals surface area contributed by atoms with Gasteiger partial charge in [0.2, 0.25) is 5.95 Å². The van der Waals surface area contributed by atoms with Crippen molar-refractivity contribution in [2.75, 3.05) is 5.73 Å². The summed E-state index contributed by atoms with van der Waals surface area (Å²) in [6.45, 7) is 3.24. The van der Waals surface area contributed by atoms with Crippen LogP contribution in [0.4, 0.5) is 5.95 Å². The standard InChI is InChI=1S/C17H25N3/c1-2-3-4-7-10-20-16-12-14-9-6-5-8-13(14)11-15(16)19-17(20)18/h11-12H,2-10H2,1H3,(H2,18,19). The molecule has 0 fully saturated rings. The van der Waals surface area contributed by atoms with E-state index in [1.165, 1.54) is 68.0 Å². The molecule has 20 heavy (non-hydrogen) atoms. The van der Waals surface area contributed by atoms with Crippen LogP contribution in [0.2, 0.25) is 0 Å². The van der Waals surface area contributed by atoms with Gasteiger partial charge in [-0.05, 0) is 55.4 Å². The predicted octanol–water partition coefficient (Wildman–Crippen LogP) is 4.08. The largest absolute Gasteiger partial charge is 0.369 e. The monoisotopic (exact) mass is 271 g/mol. The van der Waals surface area contributed by atoms with E-state index < -0.39 is 0 Å². The molecule has 1 aliphatic carbocycles. The van der Waals surface area contributed by atoms with Gasteiger partial charge in [-0.25, -0.2) is 4.98 Å². The number of hydrogen-bond donors (Lipinski definition) is 1. The number of benzene rings is 1. The second kappa shape index (κ2) is 5.86. The lowest BCUT2D eigenvalue weighted by atomic mass is 9.91. The molecule has 1 aliphatic rings. The number of fused-ring (bicyclic) bond motifs is 2. The van der Waals surface area contributed by atoms with Crippen LogP contribution >= 0.6 is 0 Å². The Morgan fingerprint density at radius 2 is 1.85 bits per heavy atom. The van der Waals surface area contributed by atoms with Gasteiger partial charge in [-0.2, -0.15) is 0 Å². The molecule has 108 valence electrons. The SMILES string of the molecule is CCCCCCn1c(N)nc2cc3c(cc21)CCCC3. The van der Waals surface area contributed by atoms with E-state index in [1.54, 1.807) is 0 Å². The zero-order valence-corrected chi connectivity index (χ0v) is 12.5. The second-order valence-corrected chi connectivity index (χ2v) is 6.00. The zero-order valence-electron chi connectivity index (χ0n) is 12.5. The average Bonchev–Trinajstić information content (AvgIpc) is 2.76. The van der Waals surface area contributed by atoms with Crippen LogP contribution in [0.15, 0.2) is 12.1 Å². The van der Waals surface area contributed by atoms with Gasteiger partial charge in [0.15, 0.2) is 0 Å². The van der Waals surface area contributed by atoms with Crippen molar-refractivity contribution >= 4 is 17.0 Å². The van der Waals surface area contributed by atoms with Crippen LogP contribution in [0.1, 0.15) is 56.6 Å². The van der Waals surface area contributed by atoms with Gasteiger partial charge < -0.3 is 10.3 Å². The molecular weight excluding hydrogens is 246 g/mol. The van der Waals surface area contributed by atoms with Crippen LogP contribution in [-0.2, 0) is 19.4 Å². The molecule has 0 amide bonds. The summed E-state index contributed by atoms with van der Waals surface area (Å²) in [6.07, 6.45) is 10.1. The molecule has 0 spiro atoms. The lowest BCUT2D eigenvalue weighted by Crippen LogP contribution is -2.05. The van der Waals surface area contributed by atoms with Crippen molar-refractivity contribution in [3.63, 3.8) is 0 Å². The number of imidazole rings is 1. The van der Waals surface area contributed by atoms with E-state index in [1.807, 2.05) is 0 Å². The highest BCUT2D eigenvalue weighted by molar-refractivity contribution is 5.80. The van der Waals surface area contributed by atoms with E-state index in [0.717, 1.165) is 12.1 Å². The van der Waals surface area contributed by atoms with Gasteiger partial charge in [0.1, 0.15) is 0 Å². The van der Waals surface area contributed by atoms with Crippen molar-refractivity contribution in [2.45, 2.75) is 64.8 Å². The number of nitrogen functional groups attached to an aromatic ring is 1. The van der Waals surface area contributed by atoms with Gasteiger partial charge in [0.05, 0.1) is 11.0 Å². The second-order valence-electron chi connectivity index (χ2n) is 6.00. The highest BCUT2D eigenvalue weighted by Gasteiger charge is 2.14. The van der Waals surface area contributed by atoms with E-state index in [2.05, 4.69) is 28.6 Å². The maximum atomic E-state index is 6.12. The lowest BCUT2D eigenvalue weighted by molar-refractivity contribution is 0.595. The molecule has 3 nitrogen and oxygen atoms in total. The fraction of sp³-hybridized carbons (Fsp3) is 0.588. The van der Waals surface area contributed by atoms with Crippen LogP contribution in [0, 0.1) is 0 Å². The molecule has 0 bridgehead atoms. The molecule has 0 radical (unpaired) electrons. The van der Waals surface area contributed by atoms with E-state index in [4.69, 9.17) is 5.73 Å². The minimum absolute atomic E-state index is 0.679. The number of nitrogens with zero attached hydrogens (tertiary/aromatic N) is 2. The normalized spacial score (nSPS) is 14.7. The smallest absolute Gasteiger partial charge is 0.201 e. The Morgan fingerprint density at radius 3 is 2.60 bits per heavy atom. The maximum absolute atomic E-state index is 6.12. The predicted molar refractivity (Wildman–Crippen MR) is 84.9 cm³/mol. The van der Waals surface area contributed by atoms with Crippen molar-refractivity contribution in [1.82, 2.24) is 9.55 Å². The molecule has 1 heterocycles. The molecule has 2 N–H and O–H groups in total. The van der Waals surface area contributed by atoms with Gasteiger partial charge in [0.25, 0.3) is 0 Å². The number of anilines is 1. The number of nitrogens with two attached hydrogens (primary N) is 1. The first-order valence-corrected chi connectivity index (χ1v) is 8.07. The van der Waals surface area contributed by atoms with Crippen LogP contribution in [0.5, 0.6) is 0 Å². The first-order valence-electron chi connectivity index (χ1n) is 8.07. The first kappa shape index (κ1) is 13.5. The number of rotatable bonds is 5. The molecule has 2 aromatic rings. The Kier molecular flexibility index (Phi) is 3.95. The molecule has 0 aliphatic heterocycles. The van der Waals surface area contributed by atoms with Crippen molar-refractivity contribution in [3.05, 3.63) is 23.3 Å². The number of aromatic nitrogens is 2. The summed E-state index contributed by atoms with van der Waals surface area (Å²) in [7, 11) is 0. The van der Waals surface area contributed by atoms with Gasteiger partial charge in [-0.15, -0.1) is 0 Å². The van der Waals surface area contributed by atoms with Gasteiger partial charge in [-0.1, -0.05) is 26.2 Å². The molecule has 0 atom stereocenters. The highest BCUT2D eigenvalue weighted by atomic mass is 15.1. The fourth-order valence-corrected chi connectivity index (χ4v) is 3.30. The van der Waals surface area contributed by atoms with E-state index in [-0.39, 0.29) is 0 Å². The Hall–Kier alpha value is -1.51. The third-order valence-electron chi connectivity index (χ3n) is 4.48. The average molecular weight is 271 g/mol. The Labute approximate surface area is 121 Å². The maximum Gasteiger partial charge on any atom is 0.201 e. The van der Waals surface area contributed by atoms with Gasteiger partial charge >= 0.3 is 0 Å². The summed E-state index contributed by atoms with van der Waals surface area (Å²) < 4.78 is 2.21. The Morgan fingerprint density at radius 1 is 1.10 bits per heavy atom. The van der Waals surface area contributed by atoms with Crippen LogP contribution in [0.25, 0.3) is 11.0 Å². The van der Waals surface area contributed by atoms with Crippen molar-refractivity contribution < 1.29 is 0 Å². The fourth-order valence-electron chi connectivity index (χ4n) is 3.30. The Balaban J connectivity index is 1.89. The number of hydrogen-bond acceptors (Lipinski definition) is 2. The minimum Gasteiger partial charge on any atom is -0.369 e. The van der Waals surface area contributed by atoms with Gasteiger partial charge in [0, 0.05) is 6.54 Å². The quantitative estimate of drug-likeness (QED) is 0.833. The van der Waals surface area contributed by atoms with E-state index >= 15 is 0 Å². The first-order chi connectivity index (χ1) is 9.79. The molecular formula is C17H25N3. The zero-order chi connectivity index (χ0) is 13.9. The summed E-state index contributed by atoms with van der Waals surface area (Å²) in [5.74, 6) is 0.679. The van der Waals surface area contributed by atoms with Crippen LogP contribution < -0.4 is 5.73 Å². The molecule has 0 saturated carbocycles. The van der Waals surface area contributed by atoms with E-state index in [9.17, 15) is 0 Å². The lowest BCUT2D eigenvalue weighted by Gasteiger charge is -2.15. The van der Waals surface area contributed by atoms with Gasteiger partial charge in [-0.3, -0.25) is 0 Å². The summed E-state index contributed by atoms with van der Waals surface area (Å²) in [5.41, 5.74) is 11.4. The van der Waals surface area contributed by atoms with Crippen molar-refractivity contribution in [3.8, 4) is 0 Å². The molecule has 3 heteroatoms. The molecule has 1 aromatic carbocycles. The summed E-state index contributed by atoms with van der Waals surface area (Å²) in [4.78, 5) is 4.56. The molecule has 3 rings (SSSR count). The molecule has 1 aromatic heterocycles. The number of unbranched alkanes of at least 4 members (excludes halogenated alkanes) is 3. The third kappa shape index (κ3) is 2.54. The number of aryl methyl sites for hydroxylation is 3. The summed E-state index contributed by atoms with van der Waals surface area (Å²) in [5, 5.41) is 0. The van der Waals surface area contributed by atoms with Crippen molar-refractivity contribution in [2.24, 2.45) is 0 Å². The highest BCUT2D eigenvalue weighted by Crippen LogP contribution is 2.28. The third-order valence-corrected chi connectivity index (χ3v) is 4.48.